The van der Waals surface area contributed by atoms with Crippen LogP contribution in [0.2, 0.25) is 0 Å². The smallest absolute Gasteiger partial charge is 0.362 e. The topological polar surface area (TPSA) is 61.7 Å². The van der Waals surface area contributed by atoms with Gasteiger partial charge in [0, 0.05) is 5.71 Å². The van der Waals surface area contributed by atoms with E-state index >= 15 is 0 Å². The monoisotopic (exact) mass is 230 g/mol. The number of nitrogens with one attached hydrogen (secondary N) is 1. The minimum Gasteiger partial charge on any atom is -0.477 e. The molecule has 0 radical (unpaired) electrons. The lowest BCUT2D eigenvalue weighted by Gasteiger charge is -2.30. The molecule has 0 saturated carbocycles. The van der Waals surface area contributed by atoms with Crippen molar-refractivity contribution in [1.29, 1.82) is 0 Å². The van der Waals surface area contributed by atoms with E-state index in [-0.39, 0.29) is 0 Å². The van der Waals surface area contributed by atoms with Crippen LogP contribution in [0.25, 0.3) is 0 Å². The fourth-order valence-corrected chi connectivity index (χ4v) is 1.64. The predicted octanol–water partition coefficient (Wildman–Crippen LogP) is -0.135. The molecule has 0 amide bonds. The lowest BCUT2D eigenvalue weighted by Crippen LogP contribution is -2.51. The van der Waals surface area contributed by atoms with Crippen LogP contribution >= 0.6 is 12.2 Å². The molecule has 0 spiro atoms. The second-order valence-electron chi connectivity index (χ2n) is 4.51. The van der Waals surface area contributed by atoms with Crippen LogP contribution in [0.5, 0.6) is 0 Å². The highest BCUT2D eigenvalue weighted by Crippen LogP contribution is 2.10. The Bertz CT molecular complexity index is 320. The average molecular weight is 230 g/mol. The number of quaternary nitrogens is 1. The molecule has 0 unspecified atom stereocenters. The number of hydrogen-bond acceptors (Lipinski definition) is 2. The van der Waals surface area contributed by atoms with Gasteiger partial charge in [-0.1, -0.05) is 0 Å². The Labute approximate surface area is 94.4 Å². The molecule has 0 fully saturated rings. The quantitative estimate of drug-likeness (QED) is 0.521. The fraction of sp³-hybridized carbons (Fsp3) is 0.667. The van der Waals surface area contributed by atoms with Crippen molar-refractivity contribution >= 4 is 29.0 Å². The third kappa shape index (κ3) is 3.24. The molecule has 0 aromatic carbocycles. The lowest BCUT2D eigenvalue weighted by atomic mass is 10.1. The minimum absolute atomic E-state index is 0.376. The molecule has 1 aliphatic heterocycles. The fourth-order valence-electron chi connectivity index (χ4n) is 1.43. The van der Waals surface area contributed by atoms with Gasteiger partial charge in [-0.2, -0.15) is 0 Å². The SMILES string of the molecule is C[N+](C)(C)[C@@H](CC1=NC(=S)NC1)C(=O)O. The Hall–Kier alpha value is -1.01. The Morgan fingerprint density at radius 2 is 2.27 bits per heavy atom. The molecule has 1 rings (SSSR count). The van der Waals surface area contributed by atoms with E-state index in [1.54, 1.807) is 0 Å². The molecule has 0 bridgehead atoms. The molecule has 0 aromatic rings. The van der Waals surface area contributed by atoms with Gasteiger partial charge in [0.05, 0.1) is 34.1 Å². The molecular formula is C9H16N3O2S+. The molecular weight excluding hydrogens is 214 g/mol. The van der Waals surface area contributed by atoms with E-state index in [2.05, 4.69) is 10.3 Å². The van der Waals surface area contributed by atoms with E-state index in [1.165, 1.54) is 0 Å². The first-order valence-electron chi connectivity index (χ1n) is 4.69. The second kappa shape index (κ2) is 4.24. The van der Waals surface area contributed by atoms with Crippen molar-refractivity contribution < 1.29 is 14.4 Å². The van der Waals surface area contributed by atoms with E-state index in [0.29, 0.717) is 22.6 Å². The van der Waals surface area contributed by atoms with Crippen molar-refractivity contribution in [2.24, 2.45) is 4.99 Å². The van der Waals surface area contributed by atoms with Crippen molar-refractivity contribution in [1.82, 2.24) is 5.32 Å². The first-order valence-corrected chi connectivity index (χ1v) is 5.09. The Morgan fingerprint density at radius 1 is 1.67 bits per heavy atom. The van der Waals surface area contributed by atoms with Crippen molar-refractivity contribution in [3.8, 4) is 0 Å². The third-order valence-corrected chi connectivity index (χ3v) is 2.59. The summed E-state index contributed by atoms with van der Waals surface area (Å²) >= 11 is 4.86. The zero-order valence-electron chi connectivity index (χ0n) is 9.15. The third-order valence-electron chi connectivity index (χ3n) is 2.35. The first kappa shape index (κ1) is 12.1. The molecule has 15 heavy (non-hydrogen) atoms. The van der Waals surface area contributed by atoms with Crippen LogP contribution in [-0.4, -0.2) is 60.1 Å². The molecule has 0 aromatic heterocycles. The van der Waals surface area contributed by atoms with E-state index in [9.17, 15) is 4.79 Å². The predicted molar refractivity (Wildman–Crippen MR) is 62.1 cm³/mol. The van der Waals surface area contributed by atoms with Crippen LogP contribution in [0.3, 0.4) is 0 Å². The largest absolute Gasteiger partial charge is 0.477 e. The number of hydrogen-bond donors (Lipinski definition) is 2. The highest BCUT2D eigenvalue weighted by atomic mass is 32.1. The summed E-state index contributed by atoms with van der Waals surface area (Å²) in [5.74, 6) is -0.803. The van der Waals surface area contributed by atoms with E-state index in [0.717, 1.165) is 5.71 Å². The van der Waals surface area contributed by atoms with Gasteiger partial charge in [-0.25, -0.2) is 9.79 Å². The highest BCUT2D eigenvalue weighted by molar-refractivity contribution is 7.80. The van der Waals surface area contributed by atoms with Crippen LogP contribution in [0.1, 0.15) is 6.42 Å². The zero-order chi connectivity index (χ0) is 11.6. The molecule has 2 N–H and O–H groups in total. The Morgan fingerprint density at radius 3 is 2.60 bits per heavy atom. The first-order chi connectivity index (χ1) is 6.80. The number of carboxylic acids is 1. The standard InChI is InChI=1S/C9H15N3O2S/c1-12(2,3)7(8(13)14)4-6-5-10-9(15)11-6/h7H,4-5H2,1-3H3,(H-,10,13,14,15)/p+1/t7-/m0/s1. The molecule has 1 aliphatic rings. The van der Waals surface area contributed by atoms with Crippen molar-refractivity contribution in [2.45, 2.75) is 12.5 Å². The normalized spacial score (nSPS) is 18.3. The van der Waals surface area contributed by atoms with E-state index in [4.69, 9.17) is 17.3 Å². The molecule has 1 heterocycles. The molecule has 5 nitrogen and oxygen atoms in total. The van der Waals surface area contributed by atoms with E-state index in [1.807, 2.05) is 21.1 Å². The summed E-state index contributed by atoms with van der Waals surface area (Å²) in [5, 5.41) is 12.5. The molecule has 1 atom stereocenters. The van der Waals surface area contributed by atoms with Gasteiger partial charge in [-0.15, -0.1) is 0 Å². The Kier molecular flexibility index (Phi) is 3.41. The maximum atomic E-state index is 11.1. The number of thiocarbonyl (C=S) groups is 1. The average Bonchev–Trinajstić information content (AvgIpc) is 2.44. The number of nitrogens with zero attached hydrogens (tertiary/aromatic N) is 2. The number of likely N-dealkylation sites (N-methyl/N-ethyl adjacent to an activating group) is 1. The number of aliphatic carboxylic acids is 1. The zero-order valence-corrected chi connectivity index (χ0v) is 9.97. The van der Waals surface area contributed by atoms with Gasteiger partial charge in [0.1, 0.15) is 0 Å². The summed E-state index contributed by atoms with van der Waals surface area (Å²) in [5.41, 5.74) is 0.820. The van der Waals surface area contributed by atoms with Gasteiger partial charge in [0.25, 0.3) is 0 Å². The summed E-state index contributed by atoms with van der Waals surface area (Å²) in [6.07, 6.45) is 0.436. The van der Waals surface area contributed by atoms with Gasteiger partial charge in [-0.3, -0.25) is 0 Å². The van der Waals surface area contributed by atoms with Crippen LogP contribution in [0, 0.1) is 0 Å². The van der Waals surface area contributed by atoms with Crippen LogP contribution in [0.15, 0.2) is 4.99 Å². The van der Waals surface area contributed by atoms with Crippen LogP contribution in [0.4, 0.5) is 0 Å². The maximum Gasteiger partial charge on any atom is 0.362 e. The van der Waals surface area contributed by atoms with Gasteiger partial charge in [-0.05, 0) is 12.2 Å². The molecule has 0 saturated heterocycles. The Balaban J connectivity index is 2.72. The summed E-state index contributed by atoms with van der Waals surface area (Å²) < 4.78 is 0.376. The number of carboxylic acid groups (broad SMARTS) is 1. The number of carbonyl (C=O) groups is 1. The van der Waals surface area contributed by atoms with E-state index < -0.39 is 12.0 Å². The van der Waals surface area contributed by atoms with Crippen molar-refractivity contribution in [2.75, 3.05) is 27.7 Å². The summed E-state index contributed by atoms with van der Waals surface area (Å²) in [6, 6.07) is -0.480. The van der Waals surface area contributed by atoms with Crippen LogP contribution < -0.4 is 5.32 Å². The van der Waals surface area contributed by atoms with Gasteiger partial charge in [0.15, 0.2) is 11.2 Å². The van der Waals surface area contributed by atoms with Gasteiger partial charge >= 0.3 is 5.97 Å². The van der Waals surface area contributed by atoms with Gasteiger partial charge in [0.2, 0.25) is 0 Å². The van der Waals surface area contributed by atoms with Gasteiger partial charge < -0.3 is 14.9 Å². The number of rotatable bonds is 4. The summed E-state index contributed by atoms with van der Waals surface area (Å²) in [7, 11) is 5.58. The highest BCUT2D eigenvalue weighted by Gasteiger charge is 2.33. The minimum atomic E-state index is -0.803. The lowest BCUT2D eigenvalue weighted by molar-refractivity contribution is -0.886. The molecule has 6 heteroatoms. The summed E-state index contributed by atoms with van der Waals surface area (Å²) in [6.45, 7) is 0.572. The second-order valence-corrected chi connectivity index (χ2v) is 4.90. The van der Waals surface area contributed by atoms with Crippen LogP contribution in [-0.2, 0) is 4.79 Å². The van der Waals surface area contributed by atoms with Crippen molar-refractivity contribution in [3.05, 3.63) is 0 Å². The van der Waals surface area contributed by atoms with Crippen molar-refractivity contribution in [3.63, 3.8) is 0 Å². The molecule has 0 aliphatic carbocycles. The number of aliphatic imine (C=N–C) groups is 1. The summed E-state index contributed by atoms with van der Waals surface area (Å²) in [4.78, 5) is 15.2. The maximum absolute atomic E-state index is 11.1. The molecule has 84 valence electrons.